The summed E-state index contributed by atoms with van der Waals surface area (Å²) in [6.45, 7) is 5.93. The van der Waals surface area contributed by atoms with Crippen LogP contribution in [0.25, 0.3) is 0 Å². The third-order valence-electron chi connectivity index (χ3n) is 1.95. The van der Waals surface area contributed by atoms with Crippen molar-refractivity contribution in [3.63, 3.8) is 0 Å². The van der Waals surface area contributed by atoms with Crippen LogP contribution in [-0.2, 0) is 4.79 Å². The molecule has 0 aliphatic carbocycles. The zero-order valence-corrected chi connectivity index (χ0v) is 8.13. The molecule has 0 saturated heterocycles. The molecular formula is C10H18O2. The largest absolute Gasteiger partial charge is 0.478 e. The zero-order valence-electron chi connectivity index (χ0n) is 8.13. The van der Waals surface area contributed by atoms with Crippen LogP contribution in [0.15, 0.2) is 11.6 Å². The van der Waals surface area contributed by atoms with E-state index < -0.39 is 5.97 Å². The van der Waals surface area contributed by atoms with Crippen molar-refractivity contribution >= 4 is 5.97 Å². The van der Waals surface area contributed by atoms with Crippen molar-refractivity contribution in [1.82, 2.24) is 0 Å². The lowest BCUT2D eigenvalue weighted by Gasteiger charge is -2.05. The first-order chi connectivity index (χ1) is 5.57. The Bertz CT molecular complexity index is 171. The standard InChI is InChI=1S/C10H18O2/c1-4-5-8(2)6-7-9(3)10(11)12/h7-8H,4-6H2,1-3H3,(H,11,12)/b9-7+. The van der Waals surface area contributed by atoms with E-state index in [0.29, 0.717) is 11.5 Å². The van der Waals surface area contributed by atoms with Gasteiger partial charge in [0.15, 0.2) is 0 Å². The third kappa shape index (κ3) is 4.94. The fraction of sp³-hybridized carbons (Fsp3) is 0.700. The molecule has 0 bridgehead atoms. The average Bonchev–Trinajstić information content (AvgIpc) is 2.00. The summed E-state index contributed by atoms with van der Waals surface area (Å²) in [4.78, 5) is 10.4. The number of aliphatic carboxylic acids is 1. The number of allylic oxidation sites excluding steroid dienone is 1. The zero-order chi connectivity index (χ0) is 9.56. The van der Waals surface area contributed by atoms with Gasteiger partial charge in [-0.3, -0.25) is 0 Å². The van der Waals surface area contributed by atoms with Gasteiger partial charge < -0.3 is 5.11 Å². The third-order valence-corrected chi connectivity index (χ3v) is 1.95. The van der Waals surface area contributed by atoms with Crippen LogP contribution >= 0.6 is 0 Å². The molecule has 1 N–H and O–H groups in total. The van der Waals surface area contributed by atoms with Gasteiger partial charge in [-0.05, 0) is 19.3 Å². The summed E-state index contributed by atoms with van der Waals surface area (Å²) in [6.07, 6.45) is 5.03. The Morgan fingerprint density at radius 1 is 1.58 bits per heavy atom. The SMILES string of the molecule is CCCC(C)C/C=C(\C)C(=O)O. The van der Waals surface area contributed by atoms with Crippen molar-refractivity contribution in [2.45, 2.75) is 40.0 Å². The summed E-state index contributed by atoms with van der Waals surface area (Å²) in [5.74, 6) is -0.206. The van der Waals surface area contributed by atoms with E-state index in [1.54, 1.807) is 6.92 Å². The van der Waals surface area contributed by atoms with Gasteiger partial charge in [-0.2, -0.15) is 0 Å². The van der Waals surface area contributed by atoms with Crippen molar-refractivity contribution < 1.29 is 9.90 Å². The Morgan fingerprint density at radius 2 is 2.17 bits per heavy atom. The maximum absolute atomic E-state index is 10.4. The smallest absolute Gasteiger partial charge is 0.330 e. The Kier molecular flexibility index (Phi) is 5.43. The predicted octanol–water partition coefficient (Wildman–Crippen LogP) is 2.84. The van der Waals surface area contributed by atoms with Gasteiger partial charge in [0.25, 0.3) is 0 Å². The summed E-state index contributed by atoms with van der Waals surface area (Å²) in [7, 11) is 0. The first kappa shape index (κ1) is 11.2. The number of rotatable bonds is 5. The molecule has 1 unspecified atom stereocenters. The van der Waals surface area contributed by atoms with E-state index >= 15 is 0 Å². The molecule has 0 heterocycles. The molecule has 0 aliphatic heterocycles. The fourth-order valence-corrected chi connectivity index (χ4v) is 1.08. The first-order valence-electron chi connectivity index (χ1n) is 4.48. The van der Waals surface area contributed by atoms with E-state index in [9.17, 15) is 4.79 Å². The molecular weight excluding hydrogens is 152 g/mol. The molecule has 0 rings (SSSR count). The second-order valence-corrected chi connectivity index (χ2v) is 3.32. The number of carbonyl (C=O) groups is 1. The molecule has 0 fully saturated rings. The maximum atomic E-state index is 10.4. The van der Waals surface area contributed by atoms with E-state index in [1.165, 1.54) is 12.8 Å². The van der Waals surface area contributed by atoms with Crippen LogP contribution in [0.5, 0.6) is 0 Å². The molecule has 0 aromatic carbocycles. The highest BCUT2D eigenvalue weighted by Crippen LogP contribution is 2.11. The van der Waals surface area contributed by atoms with Crippen molar-refractivity contribution in [3.8, 4) is 0 Å². The van der Waals surface area contributed by atoms with E-state index in [4.69, 9.17) is 5.11 Å². The minimum atomic E-state index is -0.807. The minimum Gasteiger partial charge on any atom is -0.478 e. The Balaban J connectivity index is 3.79. The average molecular weight is 170 g/mol. The summed E-state index contributed by atoms with van der Waals surface area (Å²) in [5, 5.41) is 8.56. The summed E-state index contributed by atoms with van der Waals surface area (Å²) < 4.78 is 0. The topological polar surface area (TPSA) is 37.3 Å². The molecule has 12 heavy (non-hydrogen) atoms. The molecule has 0 aromatic rings. The van der Waals surface area contributed by atoms with E-state index in [0.717, 1.165) is 6.42 Å². The summed E-state index contributed by atoms with van der Waals surface area (Å²) >= 11 is 0. The van der Waals surface area contributed by atoms with Gasteiger partial charge >= 0.3 is 5.97 Å². The van der Waals surface area contributed by atoms with Crippen LogP contribution in [0.3, 0.4) is 0 Å². The van der Waals surface area contributed by atoms with E-state index in [2.05, 4.69) is 13.8 Å². The highest BCUT2D eigenvalue weighted by atomic mass is 16.4. The predicted molar refractivity (Wildman–Crippen MR) is 50.1 cm³/mol. The second kappa shape index (κ2) is 5.81. The van der Waals surface area contributed by atoms with Crippen molar-refractivity contribution in [1.29, 1.82) is 0 Å². The van der Waals surface area contributed by atoms with Crippen LogP contribution in [0.4, 0.5) is 0 Å². The molecule has 2 nitrogen and oxygen atoms in total. The van der Waals surface area contributed by atoms with Crippen LogP contribution in [0, 0.1) is 5.92 Å². The number of hydrogen-bond donors (Lipinski definition) is 1. The lowest BCUT2D eigenvalue weighted by molar-refractivity contribution is -0.132. The van der Waals surface area contributed by atoms with Gasteiger partial charge in [0.2, 0.25) is 0 Å². The molecule has 0 radical (unpaired) electrons. The van der Waals surface area contributed by atoms with Crippen molar-refractivity contribution in [2.75, 3.05) is 0 Å². The maximum Gasteiger partial charge on any atom is 0.330 e. The van der Waals surface area contributed by atoms with Gasteiger partial charge in [-0.15, -0.1) is 0 Å². The Hall–Kier alpha value is -0.790. The van der Waals surface area contributed by atoms with Crippen LogP contribution < -0.4 is 0 Å². The number of hydrogen-bond acceptors (Lipinski definition) is 1. The fourth-order valence-electron chi connectivity index (χ4n) is 1.08. The van der Waals surface area contributed by atoms with Gasteiger partial charge in [-0.25, -0.2) is 4.79 Å². The van der Waals surface area contributed by atoms with Crippen LogP contribution in [-0.4, -0.2) is 11.1 Å². The molecule has 0 spiro atoms. The highest BCUT2D eigenvalue weighted by Gasteiger charge is 2.01. The van der Waals surface area contributed by atoms with Gasteiger partial charge in [0.1, 0.15) is 0 Å². The minimum absolute atomic E-state index is 0.456. The molecule has 0 aromatic heterocycles. The molecule has 0 amide bonds. The Labute approximate surface area is 74.3 Å². The first-order valence-corrected chi connectivity index (χ1v) is 4.48. The lowest BCUT2D eigenvalue weighted by atomic mass is 10.0. The van der Waals surface area contributed by atoms with E-state index in [1.807, 2.05) is 6.08 Å². The van der Waals surface area contributed by atoms with Gasteiger partial charge in [0, 0.05) is 5.57 Å². The molecule has 0 saturated carbocycles. The summed E-state index contributed by atoms with van der Waals surface area (Å²) in [6, 6.07) is 0. The lowest BCUT2D eigenvalue weighted by Crippen LogP contribution is -1.98. The second-order valence-electron chi connectivity index (χ2n) is 3.32. The number of carboxylic acids is 1. The van der Waals surface area contributed by atoms with Crippen LogP contribution in [0.2, 0.25) is 0 Å². The van der Waals surface area contributed by atoms with Crippen molar-refractivity contribution in [2.24, 2.45) is 5.92 Å². The van der Waals surface area contributed by atoms with E-state index in [-0.39, 0.29) is 0 Å². The number of carboxylic acid groups (broad SMARTS) is 1. The highest BCUT2D eigenvalue weighted by molar-refractivity contribution is 5.85. The van der Waals surface area contributed by atoms with Crippen LogP contribution in [0.1, 0.15) is 40.0 Å². The monoisotopic (exact) mass is 170 g/mol. The summed E-state index contributed by atoms with van der Waals surface area (Å²) in [5.41, 5.74) is 0.456. The Morgan fingerprint density at radius 3 is 2.58 bits per heavy atom. The quantitative estimate of drug-likeness (QED) is 0.644. The normalized spacial score (nSPS) is 14.4. The van der Waals surface area contributed by atoms with Crippen molar-refractivity contribution in [3.05, 3.63) is 11.6 Å². The van der Waals surface area contributed by atoms with Gasteiger partial charge in [-0.1, -0.05) is 32.8 Å². The molecule has 0 aliphatic rings. The molecule has 1 atom stereocenters. The molecule has 2 heteroatoms. The van der Waals surface area contributed by atoms with Gasteiger partial charge in [0.05, 0.1) is 0 Å². The molecule has 70 valence electrons.